The normalized spacial score (nSPS) is 13.4. The van der Waals surface area contributed by atoms with Gasteiger partial charge >= 0.3 is 0 Å². The van der Waals surface area contributed by atoms with Crippen LogP contribution >= 0.6 is 8.15 Å². The number of carbonyl (C=O) groups is 2. The highest BCUT2D eigenvalue weighted by Crippen LogP contribution is 2.33. The zero-order valence-corrected chi connectivity index (χ0v) is 15.4. The van der Waals surface area contributed by atoms with E-state index in [9.17, 15) is 9.59 Å². The highest BCUT2D eigenvalue weighted by atomic mass is 31.1. The van der Waals surface area contributed by atoms with Crippen LogP contribution in [0.2, 0.25) is 0 Å². The smallest absolute Gasteiger partial charge is 0.210 e. The van der Waals surface area contributed by atoms with Gasteiger partial charge in [-0.15, -0.1) is 12.3 Å². The third-order valence-electron chi connectivity index (χ3n) is 3.43. The van der Waals surface area contributed by atoms with E-state index in [4.69, 9.17) is 17.6 Å². The third-order valence-corrected chi connectivity index (χ3v) is 4.95. The van der Waals surface area contributed by atoms with Gasteiger partial charge in [-0.05, 0) is 32.1 Å². The van der Waals surface area contributed by atoms with Crippen LogP contribution in [0, 0.1) is 23.7 Å². The summed E-state index contributed by atoms with van der Waals surface area (Å²) in [6, 6.07) is 2.02. The first-order valence-corrected chi connectivity index (χ1v) is 10.2. The van der Waals surface area contributed by atoms with E-state index in [1.807, 2.05) is 12.7 Å². The average Bonchev–Trinajstić information content (AvgIpc) is 2.59. The van der Waals surface area contributed by atoms with Crippen LogP contribution in [0.5, 0.6) is 0 Å². The van der Waals surface area contributed by atoms with Crippen molar-refractivity contribution in [2.45, 2.75) is 63.9 Å². The lowest BCUT2D eigenvalue weighted by molar-refractivity contribution is -0.121. The van der Waals surface area contributed by atoms with Crippen LogP contribution in [-0.4, -0.2) is 43.6 Å². The topological polar surface area (TPSA) is 87.4 Å². The minimum absolute atomic E-state index is 0.0134. The van der Waals surface area contributed by atoms with Gasteiger partial charge in [0.1, 0.15) is 11.6 Å². The molecule has 0 aliphatic carbocycles. The fourth-order valence-corrected chi connectivity index (χ4v) is 3.27. The van der Waals surface area contributed by atoms with Crippen molar-refractivity contribution in [3.63, 3.8) is 0 Å². The molecule has 5 nitrogen and oxygen atoms in total. The molecule has 0 amide bonds. The van der Waals surface area contributed by atoms with Crippen molar-refractivity contribution in [2.24, 2.45) is 0 Å². The number of hydrogen-bond acceptors (Lipinski definition) is 5. The third kappa shape index (κ3) is 14.3. The lowest BCUT2D eigenvalue weighted by atomic mass is 10.0. The summed E-state index contributed by atoms with van der Waals surface area (Å²) in [5.74, 6) is 2.65. The van der Waals surface area contributed by atoms with E-state index in [2.05, 4.69) is 11.0 Å². The minimum Gasteiger partial charge on any atom is -0.393 e. The molecule has 0 rings (SSSR count). The van der Waals surface area contributed by atoms with Gasteiger partial charge in [0, 0.05) is 40.3 Å². The van der Waals surface area contributed by atoms with Gasteiger partial charge in [-0.3, -0.25) is 9.59 Å². The molecule has 134 valence electrons. The Labute approximate surface area is 148 Å². The largest absolute Gasteiger partial charge is 0.393 e. The zero-order valence-electron chi connectivity index (χ0n) is 15.5. The van der Waals surface area contributed by atoms with Crippen molar-refractivity contribution < 1.29 is 19.2 Å². The van der Waals surface area contributed by atoms with Crippen molar-refractivity contribution in [1.82, 2.24) is 0 Å². The lowest BCUT2D eigenvalue weighted by Crippen LogP contribution is -2.15. The second kappa shape index (κ2) is 15.3. The summed E-state index contributed by atoms with van der Waals surface area (Å²) in [7, 11) is -0.667. The van der Waals surface area contributed by atoms with Gasteiger partial charge < -0.3 is 9.63 Å². The summed E-state index contributed by atoms with van der Waals surface area (Å²) < 4.78 is 12.6. The van der Waals surface area contributed by atoms with Gasteiger partial charge in [0.25, 0.3) is 0 Å². The molecule has 2 atom stereocenters. The van der Waals surface area contributed by atoms with Crippen molar-refractivity contribution in [1.29, 1.82) is 6.69 Å². The number of ketones is 2. The number of Topliss-reactive ketones (excluding diaryl/α,β-unsaturated/α-hetero) is 2. The van der Waals surface area contributed by atoms with Crippen LogP contribution in [0.15, 0.2) is 0 Å². The van der Waals surface area contributed by atoms with Crippen molar-refractivity contribution in [3.8, 4) is 18.4 Å². The summed E-state index contributed by atoms with van der Waals surface area (Å²) in [5, 5.41) is 13.1. The van der Waals surface area contributed by atoms with Crippen molar-refractivity contribution in [2.75, 3.05) is 19.4 Å². The zero-order chi connectivity index (χ0) is 18.9. The number of nitrogens with zero attached hydrogens (tertiary/aromatic N) is 1. The minimum atomic E-state index is -0.667. The number of aliphatic hydroxyl groups excluding tert-OH is 1. The number of rotatable bonds is 16. The number of terminal acetylenes is 1. The van der Waals surface area contributed by atoms with E-state index < -0.39 is 14.3 Å². The Morgan fingerprint density at radius 2 is 2.00 bits per heavy atom. The molecule has 0 radical (unpaired) electrons. The van der Waals surface area contributed by atoms with Crippen LogP contribution < -0.4 is 0 Å². The monoisotopic (exact) mass is 354 g/mol. The van der Waals surface area contributed by atoms with Gasteiger partial charge in [-0.1, -0.05) is 0 Å². The molecule has 0 saturated heterocycles. The molecular formula is C18H28NO4P. The second-order valence-corrected chi connectivity index (χ2v) is 7.66. The predicted octanol–water partition coefficient (Wildman–Crippen LogP) is 3.20. The predicted molar refractivity (Wildman–Crippen MR) is 95.7 cm³/mol. The Kier molecular flexibility index (Phi) is 13.2. The first-order chi connectivity index (χ1) is 12.0. The fraction of sp³-hybridized carbons (Fsp3) is 0.722. The SMILES string of the molecule is [2H]OC(CCP(C)OCCC#N)CC(=O)CCCC(=O)CCCC#C. The molecule has 0 saturated carbocycles. The van der Waals surface area contributed by atoms with E-state index >= 15 is 0 Å². The quantitative estimate of drug-likeness (QED) is 0.261. The van der Waals surface area contributed by atoms with Crippen LogP contribution in [0.25, 0.3) is 0 Å². The summed E-state index contributed by atoms with van der Waals surface area (Å²) in [5.41, 5.74) is 0. The maximum atomic E-state index is 11.9. The van der Waals surface area contributed by atoms with E-state index in [-0.39, 0.29) is 18.0 Å². The Morgan fingerprint density at radius 3 is 2.67 bits per heavy atom. The molecule has 0 fully saturated rings. The molecule has 0 bridgehead atoms. The molecule has 1 N–H and O–H groups in total. The van der Waals surface area contributed by atoms with E-state index in [0.29, 0.717) is 58.0 Å². The van der Waals surface area contributed by atoms with Crippen LogP contribution in [0.4, 0.5) is 0 Å². The molecule has 6 heteroatoms. The summed E-state index contributed by atoms with van der Waals surface area (Å²) in [6.45, 7) is 2.38. The van der Waals surface area contributed by atoms with Crippen LogP contribution in [-0.2, 0) is 14.1 Å². The maximum absolute atomic E-state index is 11.9. The van der Waals surface area contributed by atoms with Crippen molar-refractivity contribution >= 4 is 19.7 Å². The maximum Gasteiger partial charge on any atom is 0.210 e. The van der Waals surface area contributed by atoms with Crippen LogP contribution in [0.1, 0.15) is 57.8 Å². The average molecular weight is 354 g/mol. The number of hydrogen-bond donors (Lipinski definition) is 1. The Bertz CT molecular complexity index is 473. The van der Waals surface area contributed by atoms with Gasteiger partial charge in [0.2, 0.25) is 1.43 Å². The first-order valence-electron chi connectivity index (χ1n) is 8.74. The number of nitriles is 1. The Morgan fingerprint density at radius 1 is 1.29 bits per heavy atom. The summed E-state index contributed by atoms with van der Waals surface area (Å²) >= 11 is 0. The molecule has 0 aliphatic heterocycles. The summed E-state index contributed by atoms with van der Waals surface area (Å²) in [6.07, 6.45) is 9.61. The molecule has 0 heterocycles. The molecule has 0 aromatic heterocycles. The van der Waals surface area contributed by atoms with Gasteiger partial charge in [-0.25, -0.2) is 0 Å². The van der Waals surface area contributed by atoms with Gasteiger partial charge in [0.05, 0.1) is 25.2 Å². The Balaban J connectivity index is 3.87. The number of aliphatic hydroxyl groups is 1. The first kappa shape index (κ1) is 20.8. The van der Waals surface area contributed by atoms with E-state index in [1.165, 1.54) is 0 Å². The molecule has 24 heavy (non-hydrogen) atoms. The molecule has 0 aromatic carbocycles. The molecule has 2 unspecified atom stereocenters. The second-order valence-electron chi connectivity index (χ2n) is 5.70. The number of carbonyl (C=O) groups excluding carboxylic acids is 2. The lowest BCUT2D eigenvalue weighted by Gasteiger charge is -2.14. The molecule has 0 aliphatic rings. The highest BCUT2D eigenvalue weighted by molar-refractivity contribution is 7.51. The standard InChI is InChI=1S/C18H28NO4P/c1-3-4-5-8-16(20)9-6-10-17(21)15-18(22)11-14-24(2)23-13-7-12-19/h1,18,22H,4-11,13-15H2,2H3/i22D. The number of unbranched alkanes of at least 4 members (excludes halogenated alkanes) is 1. The fourth-order valence-electron chi connectivity index (χ4n) is 2.09. The van der Waals surface area contributed by atoms with Gasteiger partial charge in [-0.2, -0.15) is 5.26 Å². The summed E-state index contributed by atoms with van der Waals surface area (Å²) in [4.78, 5) is 23.5. The molecule has 0 spiro atoms. The van der Waals surface area contributed by atoms with Crippen LogP contribution in [0.3, 0.4) is 0 Å². The molecule has 0 aromatic rings. The Hall–Kier alpha value is -1.26. The van der Waals surface area contributed by atoms with E-state index in [0.717, 1.165) is 6.16 Å². The van der Waals surface area contributed by atoms with E-state index in [1.54, 1.807) is 0 Å². The van der Waals surface area contributed by atoms with Crippen molar-refractivity contribution in [3.05, 3.63) is 0 Å². The van der Waals surface area contributed by atoms with Gasteiger partial charge in [0.15, 0.2) is 0 Å². The molecular weight excluding hydrogens is 325 g/mol. The highest BCUT2D eigenvalue weighted by Gasteiger charge is 2.13.